The first-order valence-electron chi connectivity index (χ1n) is 10.8. The van der Waals surface area contributed by atoms with Crippen molar-refractivity contribution in [2.24, 2.45) is 23.7 Å². The summed E-state index contributed by atoms with van der Waals surface area (Å²) in [4.78, 5) is 28.4. The van der Waals surface area contributed by atoms with E-state index in [2.05, 4.69) is 36.4 Å². The zero-order chi connectivity index (χ0) is 21.8. The average Bonchev–Trinajstić information content (AvgIpc) is 3.45. The third-order valence-corrected chi connectivity index (χ3v) is 7.13. The van der Waals surface area contributed by atoms with E-state index in [9.17, 15) is 9.59 Å². The normalized spacial score (nSPS) is 25.5. The van der Waals surface area contributed by atoms with Crippen LogP contribution in [0.2, 0.25) is 5.02 Å². The highest BCUT2D eigenvalue weighted by molar-refractivity contribution is 6.31. The van der Waals surface area contributed by atoms with Gasteiger partial charge in [0.15, 0.2) is 0 Å². The van der Waals surface area contributed by atoms with Gasteiger partial charge in [-0.05, 0) is 40.5 Å². The number of benzene rings is 3. The molecule has 3 aromatic rings. The molecule has 0 spiro atoms. The molecule has 3 aliphatic rings. The number of allylic oxidation sites excluding steroid dienone is 3. The largest absolute Gasteiger partial charge is 0.274 e. The van der Waals surface area contributed by atoms with Crippen molar-refractivity contribution in [1.29, 1.82) is 0 Å². The fourth-order valence-corrected chi connectivity index (χ4v) is 5.86. The molecule has 32 heavy (non-hydrogen) atoms. The van der Waals surface area contributed by atoms with Crippen LogP contribution in [0.4, 0.5) is 5.69 Å². The van der Waals surface area contributed by atoms with Crippen LogP contribution in [0.1, 0.15) is 11.1 Å². The molecule has 0 N–H and O–H groups in total. The third kappa shape index (κ3) is 2.74. The highest BCUT2D eigenvalue weighted by Crippen LogP contribution is 2.58. The van der Waals surface area contributed by atoms with E-state index < -0.39 is 0 Å². The summed E-state index contributed by atoms with van der Waals surface area (Å²) in [5, 5.41) is 0.511. The van der Waals surface area contributed by atoms with E-state index in [1.807, 2.05) is 36.4 Å². The zero-order valence-electron chi connectivity index (χ0n) is 17.2. The molecule has 3 nitrogen and oxygen atoms in total. The molecular formula is C28H20ClNO2. The summed E-state index contributed by atoms with van der Waals surface area (Å²) in [6, 6.07) is 27.5. The number of carbonyl (C=O) groups is 2. The van der Waals surface area contributed by atoms with Crippen molar-refractivity contribution in [3.8, 4) is 0 Å². The van der Waals surface area contributed by atoms with Crippen molar-refractivity contribution in [2.45, 2.75) is 0 Å². The smallest absolute Gasteiger partial charge is 0.238 e. The van der Waals surface area contributed by atoms with Gasteiger partial charge < -0.3 is 0 Å². The van der Waals surface area contributed by atoms with Crippen molar-refractivity contribution in [2.75, 3.05) is 4.90 Å². The first kappa shape index (κ1) is 19.3. The summed E-state index contributed by atoms with van der Waals surface area (Å²) in [6.07, 6.45) is 4.25. The maximum atomic E-state index is 13.5. The van der Waals surface area contributed by atoms with Crippen LogP contribution in [-0.4, -0.2) is 11.8 Å². The number of halogens is 1. The van der Waals surface area contributed by atoms with E-state index in [4.69, 9.17) is 11.6 Å². The fourth-order valence-electron chi connectivity index (χ4n) is 5.68. The van der Waals surface area contributed by atoms with Gasteiger partial charge in [-0.25, -0.2) is 4.90 Å². The van der Waals surface area contributed by atoms with E-state index in [1.165, 1.54) is 10.5 Å². The summed E-state index contributed by atoms with van der Waals surface area (Å²) in [5.74, 6) is -1.15. The molecule has 0 radical (unpaired) electrons. The Kier molecular flexibility index (Phi) is 4.41. The molecule has 1 aliphatic heterocycles. The summed E-state index contributed by atoms with van der Waals surface area (Å²) >= 11 is 6.14. The maximum absolute atomic E-state index is 13.5. The van der Waals surface area contributed by atoms with Crippen LogP contribution in [0.25, 0.3) is 5.57 Å². The molecule has 156 valence electrons. The zero-order valence-corrected chi connectivity index (χ0v) is 17.9. The monoisotopic (exact) mass is 437 g/mol. The topological polar surface area (TPSA) is 37.4 Å². The number of carbonyl (C=O) groups excluding carboxylic acids is 2. The maximum Gasteiger partial charge on any atom is 0.238 e. The third-order valence-electron chi connectivity index (χ3n) is 6.90. The van der Waals surface area contributed by atoms with Crippen LogP contribution in [-0.2, 0) is 9.59 Å². The molecule has 3 aromatic carbocycles. The van der Waals surface area contributed by atoms with Gasteiger partial charge in [-0.2, -0.15) is 0 Å². The van der Waals surface area contributed by atoms with Gasteiger partial charge in [-0.1, -0.05) is 90.5 Å². The van der Waals surface area contributed by atoms with Crippen molar-refractivity contribution in [3.05, 3.63) is 119 Å². The molecule has 4 heteroatoms. The average molecular weight is 438 g/mol. The van der Waals surface area contributed by atoms with Crippen LogP contribution >= 0.6 is 11.6 Å². The Morgan fingerprint density at radius 1 is 0.688 bits per heavy atom. The molecule has 1 heterocycles. The van der Waals surface area contributed by atoms with Crippen molar-refractivity contribution in [1.82, 2.24) is 0 Å². The highest BCUT2D eigenvalue weighted by atomic mass is 35.5. The van der Waals surface area contributed by atoms with Crippen LogP contribution in [0.5, 0.6) is 0 Å². The van der Waals surface area contributed by atoms with E-state index in [-0.39, 0.29) is 35.5 Å². The van der Waals surface area contributed by atoms with Gasteiger partial charge in [-0.15, -0.1) is 0 Å². The lowest BCUT2D eigenvalue weighted by molar-refractivity contribution is -0.122. The van der Waals surface area contributed by atoms with Crippen LogP contribution < -0.4 is 4.90 Å². The molecular weight excluding hydrogens is 418 g/mol. The first-order chi connectivity index (χ1) is 15.6. The van der Waals surface area contributed by atoms with Crippen LogP contribution in [0.3, 0.4) is 0 Å². The molecule has 1 saturated heterocycles. The van der Waals surface area contributed by atoms with Gasteiger partial charge in [0.1, 0.15) is 0 Å². The molecule has 6 rings (SSSR count). The minimum absolute atomic E-state index is 0.0824. The molecule has 2 aliphatic carbocycles. The number of amides is 2. The lowest BCUT2D eigenvalue weighted by atomic mass is 9.85. The van der Waals surface area contributed by atoms with Crippen molar-refractivity contribution in [3.63, 3.8) is 0 Å². The second-order valence-electron chi connectivity index (χ2n) is 8.54. The Balaban J connectivity index is 1.49. The summed E-state index contributed by atoms with van der Waals surface area (Å²) in [6.45, 7) is 0. The molecule has 2 fully saturated rings. The van der Waals surface area contributed by atoms with Gasteiger partial charge in [-0.3, -0.25) is 9.59 Å². The Bertz CT molecular complexity index is 1220. The molecule has 2 amide bonds. The second-order valence-corrected chi connectivity index (χ2v) is 8.98. The standard InChI is InChI=1S/C28H20ClNO2/c29-19-12-7-13-20(16-19)30-27(31)25-21-14-15-22(26(25)28(30)32)24(21)23(17-8-3-1-4-9-17)18-10-5-2-6-11-18/h1-16,21-22,25-26H/t21-,22+,25-,26-/m1/s1. The van der Waals surface area contributed by atoms with Gasteiger partial charge in [0.2, 0.25) is 11.8 Å². The van der Waals surface area contributed by atoms with Gasteiger partial charge in [0, 0.05) is 16.9 Å². The summed E-state index contributed by atoms with van der Waals surface area (Å²) in [7, 11) is 0. The number of rotatable bonds is 3. The number of hydrogen-bond acceptors (Lipinski definition) is 2. The van der Waals surface area contributed by atoms with Gasteiger partial charge in [0.25, 0.3) is 0 Å². The van der Waals surface area contributed by atoms with Crippen molar-refractivity contribution >= 4 is 34.7 Å². The van der Waals surface area contributed by atoms with E-state index >= 15 is 0 Å². The van der Waals surface area contributed by atoms with E-state index in [0.717, 1.165) is 16.7 Å². The summed E-state index contributed by atoms with van der Waals surface area (Å²) in [5.41, 5.74) is 5.09. The molecule has 1 saturated carbocycles. The number of hydrogen-bond donors (Lipinski definition) is 0. The Morgan fingerprint density at radius 3 is 1.72 bits per heavy atom. The minimum atomic E-state index is -0.367. The lowest BCUT2D eigenvalue weighted by Gasteiger charge is -2.21. The minimum Gasteiger partial charge on any atom is -0.274 e. The summed E-state index contributed by atoms with van der Waals surface area (Å²) < 4.78 is 0. The predicted molar refractivity (Wildman–Crippen MR) is 126 cm³/mol. The molecule has 0 aromatic heterocycles. The molecule has 4 atom stereocenters. The second kappa shape index (κ2) is 7.32. The first-order valence-corrected chi connectivity index (χ1v) is 11.2. The lowest BCUT2D eigenvalue weighted by Crippen LogP contribution is -2.33. The fraction of sp³-hybridized carbons (Fsp3) is 0.143. The van der Waals surface area contributed by atoms with Gasteiger partial charge in [0.05, 0.1) is 17.5 Å². The number of anilines is 1. The van der Waals surface area contributed by atoms with Gasteiger partial charge >= 0.3 is 0 Å². The Morgan fingerprint density at radius 2 is 1.22 bits per heavy atom. The van der Waals surface area contributed by atoms with Crippen LogP contribution in [0, 0.1) is 23.7 Å². The number of imide groups is 1. The van der Waals surface area contributed by atoms with E-state index in [1.54, 1.807) is 24.3 Å². The number of fused-ring (bicyclic) bond motifs is 5. The quantitative estimate of drug-likeness (QED) is 0.385. The SMILES string of the molecule is O=C1[C@H]2[C@H](C(=O)N1c1cccc(Cl)c1)[C@H]1C=C[C@@H]2C1=C(c1ccccc1)c1ccccc1. The van der Waals surface area contributed by atoms with E-state index in [0.29, 0.717) is 10.7 Å². The van der Waals surface area contributed by atoms with Crippen molar-refractivity contribution < 1.29 is 9.59 Å². The Labute approximate surface area is 191 Å². The highest BCUT2D eigenvalue weighted by Gasteiger charge is 2.62. The predicted octanol–water partition coefficient (Wildman–Crippen LogP) is 5.76. The molecule has 0 unspecified atom stereocenters. The van der Waals surface area contributed by atoms with Crippen LogP contribution in [0.15, 0.2) is 103 Å². The number of nitrogens with zero attached hydrogens (tertiary/aromatic N) is 1. The Hall–Kier alpha value is -3.43. The molecule has 2 bridgehead atoms.